The van der Waals surface area contributed by atoms with Crippen LogP contribution in [0.4, 0.5) is 11.4 Å². The molecule has 2 saturated heterocycles. The van der Waals surface area contributed by atoms with Crippen LogP contribution >= 0.6 is 23.4 Å². The molecule has 0 bridgehead atoms. The van der Waals surface area contributed by atoms with Gasteiger partial charge < -0.3 is 0 Å². The zero-order chi connectivity index (χ0) is 30.4. The fraction of sp³-hybridized carbons (Fsp3) is 0.278. The third-order valence-electron chi connectivity index (χ3n) is 9.08. The van der Waals surface area contributed by atoms with E-state index in [1.165, 1.54) is 22.9 Å². The number of piperazine rings is 1. The molecule has 1 spiro atoms. The quantitative estimate of drug-likeness (QED) is 0.240. The van der Waals surface area contributed by atoms with Crippen LogP contribution in [0.5, 0.6) is 0 Å². The molecule has 44 heavy (non-hydrogen) atoms. The van der Waals surface area contributed by atoms with Crippen molar-refractivity contribution in [3.63, 3.8) is 0 Å². The molecule has 2 atom stereocenters. The summed E-state index contributed by atoms with van der Waals surface area (Å²) in [6.07, 6.45) is 0. The van der Waals surface area contributed by atoms with Gasteiger partial charge in [0.15, 0.2) is 0 Å². The summed E-state index contributed by atoms with van der Waals surface area (Å²) in [4.78, 5) is 35.7. The largest absolute Gasteiger partial charge is 0.295 e. The van der Waals surface area contributed by atoms with Crippen LogP contribution in [-0.4, -0.2) is 59.7 Å². The van der Waals surface area contributed by atoms with Gasteiger partial charge in [0.05, 0.1) is 23.6 Å². The van der Waals surface area contributed by atoms with Crippen LogP contribution in [0.15, 0.2) is 103 Å². The molecule has 6 nitrogen and oxygen atoms in total. The minimum Gasteiger partial charge on any atom is -0.295 e. The molecule has 2 amide bonds. The molecule has 224 valence electrons. The number of benzene rings is 4. The number of carbonyl (C=O) groups excluding carboxylic acids is 2. The summed E-state index contributed by atoms with van der Waals surface area (Å²) in [5.74, 6) is -0.159. The predicted molar refractivity (Wildman–Crippen MR) is 179 cm³/mol. The monoisotopic (exact) mass is 622 g/mol. The van der Waals surface area contributed by atoms with E-state index in [2.05, 4.69) is 70.5 Å². The second kappa shape index (κ2) is 11.7. The van der Waals surface area contributed by atoms with E-state index in [4.69, 9.17) is 11.6 Å². The Morgan fingerprint density at radius 3 is 2.09 bits per heavy atom. The van der Waals surface area contributed by atoms with Crippen LogP contribution in [-0.2, 0) is 14.5 Å². The van der Waals surface area contributed by atoms with E-state index < -0.39 is 4.87 Å². The van der Waals surface area contributed by atoms with E-state index in [-0.39, 0.29) is 23.1 Å². The molecule has 0 saturated carbocycles. The van der Waals surface area contributed by atoms with Crippen molar-refractivity contribution in [3.05, 3.63) is 130 Å². The van der Waals surface area contributed by atoms with Gasteiger partial charge in [-0.3, -0.25) is 29.2 Å². The summed E-state index contributed by atoms with van der Waals surface area (Å²) in [5, 5.41) is 0.205. The van der Waals surface area contributed by atoms with Gasteiger partial charge in [-0.2, -0.15) is 0 Å². The number of rotatable bonds is 6. The number of amides is 2. The lowest BCUT2D eigenvalue weighted by Crippen LogP contribution is -2.54. The first-order valence-corrected chi connectivity index (χ1v) is 16.4. The smallest absolute Gasteiger partial charge is 0.269 e. The average Bonchev–Trinajstić information content (AvgIpc) is 3.45. The van der Waals surface area contributed by atoms with Crippen molar-refractivity contribution >= 4 is 46.6 Å². The molecule has 3 heterocycles. The van der Waals surface area contributed by atoms with Crippen molar-refractivity contribution in [2.24, 2.45) is 0 Å². The normalized spacial score (nSPS) is 22.4. The Labute approximate surface area is 268 Å². The fourth-order valence-electron chi connectivity index (χ4n) is 6.85. The van der Waals surface area contributed by atoms with Gasteiger partial charge >= 0.3 is 0 Å². The lowest BCUT2D eigenvalue weighted by Gasteiger charge is -2.41. The Hall–Kier alpha value is -3.62. The fourth-order valence-corrected chi connectivity index (χ4v) is 8.55. The van der Waals surface area contributed by atoms with Crippen LogP contribution in [0.1, 0.15) is 35.2 Å². The highest BCUT2D eigenvalue weighted by atomic mass is 35.5. The molecule has 0 radical (unpaired) electrons. The highest BCUT2D eigenvalue weighted by Crippen LogP contribution is 2.58. The summed E-state index contributed by atoms with van der Waals surface area (Å²) in [7, 11) is 0. The molecular formula is C36H35ClN4O2S. The van der Waals surface area contributed by atoms with Gasteiger partial charge in [0.2, 0.25) is 10.8 Å². The minimum absolute atomic E-state index is 0.0769. The number of fused-ring (bicyclic) bond motifs is 2. The van der Waals surface area contributed by atoms with Gasteiger partial charge in [-0.25, -0.2) is 0 Å². The molecule has 3 aliphatic heterocycles. The van der Waals surface area contributed by atoms with E-state index in [1.807, 2.05) is 61.2 Å². The highest BCUT2D eigenvalue weighted by molar-refractivity contribution is 8.03. The van der Waals surface area contributed by atoms with Gasteiger partial charge in [-0.05, 0) is 48.7 Å². The van der Waals surface area contributed by atoms with Gasteiger partial charge in [0.1, 0.15) is 0 Å². The SMILES string of the molecule is Cc1ccc(N2C(=O)[C@H](C)S[C@]23C(=O)N(CN2CCN(C(c4ccccc4)c4ccccc4)CC2)c2ccccc23)cc1Cl. The summed E-state index contributed by atoms with van der Waals surface area (Å²) < 4.78 is 0. The molecule has 2 fully saturated rings. The Balaban J connectivity index is 1.16. The number of aryl methyl sites for hydroxylation is 1. The highest BCUT2D eigenvalue weighted by Gasteiger charge is 2.63. The summed E-state index contributed by atoms with van der Waals surface area (Å²) >= 11 is 7.95. The van der Waals surface area contributed by atoms with E-state index in [0.29, 0.717) is 17.4 Å². The van der Waals surface area contributed by atoms with Crippen LogP contribution in [0, 0.1) is 6.92 Å². The molecule has 0 aromatic heterocycles. The maximum atomic E-state index is 14.7. The van der Waals surface area contributed by atoms with Crippen molar-refractivity contribution in [1.29, 1.82) is 0 Å². The summed E-state index contributed by atoms with van der Waals surface area (Å²) in [6.45, 7) is 7.70. The average molecular weight is 623 g/mol. The van der Waals surface area contributed by atoms with Crippen LogP contribution < -0.4 is 9.80 Å². The number of nitrogens with zero attached hydrogens (tertiary/aromatic N) is 4. The second-order valence-electron chi connectivity index (χ2n) is 11.8. The van der Waals surface area contributed by atoms with Gasteiger partial charge in [-0.1, -0.05) is 96.5 Å². The van der Waals surface area contributed by atoms with Gasteiger partial charge in [0.25, 0.3) is 5.91 Å². The standard InChI is InChI=1S/C36H35ClN4O2S/c1-25-17-18-29(23-31(25)37)41-34(42)26(2)44-36(41)30-15-9-10-16-32(30)40(35(36)43)24-38-19-21-39(22-20-38)33(27-11-5-3-6-12-27)28-13-7-4-8-14-28/h3-18,23,26,33H,19-22,24H2,1-2H3/t26-,36+/m0/s1. The van der Waals surface area contributed by atoms with Crippen molar-refractivity contribution in [2.75, 3.05) is 42.6 Å². The van der Waals surface area contributed by atoms with E-state index >= 15 is 0 Å². The molecule has 7 rings (SSSR count). The Kier molecular flexibility index (Phi) is 7.75. The van der Waals surface area contributed by atoms with Crippen molar-refractivity contribution in [2.45, 2.75) is 30.0 Å². The van der Waals surface area contributed by atoms with Crippen LogP contribution in [0.25, 0.3) is 0 Å². The van der Waals surface area contributed by atoms with E-state index in [9.17, 15) is 9.59 Å². The second-order valence-corrected chi connectivity index (χ2v) is 13.7. The topological polar surface area (TPSA) is 47.1 Å². The first kappa shape index (κ1) is 29.1. The van der Waals surface area contributed by atoms with Crippen LogP contribution in [0.2, 0.25) is 5.02 Å². The molecule has 4 aromatic carbocycles. The van der Waals surface area contributed by atoms with Gasteiger partial charge in [-0.15, -0.1) is 11.8 Å². The van der Waals surface area contributed by atoms with E-state index in [1.54, 1.807) is 4.90 Å². The molecular weight excluding hydrogens is 588 g/mol. The third-order valence-corrected chi connectivity index (χ3v) is 11.0. The Morgan fingerprint density at radius 2 is 1.45 bits per heavy atom. The third kappa shape index (κ3) is 4.83. The molecule has 0 N–H and O–H groups in total. The Morgan fingerprint density at radius 1 is 0.841 bits per heavy atom. The first-order valence-electron chi connectivity index (χ1n) is 15.1. The summed E-state index contributed by atoms with van der Waals surface area (Å²) in [6, 6.07) is 35.1. The van der Waals surface area contributed by atoms with Crippen LogP contribution in [0.3, 0.4) is 0 Å². The number of hydrogen-bond donors (Lipinski definition) is 0. The van der Waals surface area contributed by atoms with Gasteiger partial charge in [0, 0.05) is 42.5 Å². The molecule has 8 heteroatoms. The number of halogens is 1. The zero-order valence-electron chi connectivity index (χ0n) is 24.9. The number of anilines is 2. The number of hydrogen-bond acceptors (Lipinski definition) is 5. The molecule has 4 aromatic rings. The lowest BCUT2D eigenvalue weighted by atomic mass is 9.96. The number of para-hydroxylation sites is 1. The molecule has 0 aliphatic carbocycles. The van der Waals surface area contributed by atoms with E-state index in [0.717, 1.165) is 43.0 Å². The lowest BCUT2D eigenvalue weighted by molar-refractivity contribution is -0.124. The van der Waals surface area contributed by atoms with Crippen molar-refractivity contribution < 1.29 is 9.59 Å². The maximum absolute atomic E-state index is 14.7. The Bertz CT molecular complexity index is 1660. The molecule has 3 aliphatic rings. The molecule has 0 unspecified atom stereocenters. The van der Waals surface area contributed by atoms with Crippen molar-refractivity contribution in [3.8, 4) is 0 Å². The zero-order valence-corrected chi connectivity index (χ0v) is 26.5. The first-order chi connectivity index (χ1) is 21.4. The van der Waals surface area contributed by atoms with Crippen molar-refractivity contribution in [1.82, 2.24) is 9.80 Å². The number of thioether (sulfide) groups is 1. The summed E-state index contributed by atoms with van der Waals surface area (Å²) in [5.41, 5.74) is 5.86. The predicted octanol–water partition coefficient (Wildman–Crippen LogP) is 6.68. The maximum Gasteiger partial charge on any atom is 0.269 e. The number of carbonyl (C=O) groups is 2. The minimum atomic E-state index is -1.17.